The molecule has 6 heteroatoms. The maximum absolute atomic E-state index is 12.2. The summed E-state index contributed by atoms with van der Waals surface area (Å²) >= 11 is 0. The number of hydrogen-bond donors (Lipinski definition) is 1. The summed E-state index contributed by atoms with van der Waals surface area (Å²) in [7, 11) is 1.89. The Morgan fingerprint density at radius 3 is 2.72 bits per heavy atom. The minimum atomic E-state index is 0. The topological polar surface area (TPSA) is 61.9 Å². The zero-order chi connectivity index (χ0) is 17.1. The molecule has 1 aromatic rings. The SMILES string of the molecule is CC1CCCN(C(N)=NCC2CC(=O)N(C)C2c2ccccc2)C1.I. The molecule has 2 N–H and O–H groups in total. The van der Waals surface area contributed by atoms with Crippen molar-refractivity contribution in [3.05, 3.63) is 35.9 Å². The standard InChI is InChI=1S/C19H28N4O.HI/c1-14-7-6-10-23(13-14)19(20)21-12-16-11-17(24)22(2)18(16)15-8-4-3-5-9-15;/h3-5,8-9,14,16,18H,6-7,10-13H2,1-2H3,(H2,20,21);1H. The van der Waals surface area contributed by atoms with Crippen LogP contribution in [0.15, 0.2) is 35.3 Å². The van der Waals surface area contributed by atoms with Gasteiger partial charge in [0.05, 0.1) is 6.04 Å². The lowest BCUT2D eigenvalue weighted by molar-refractivity contribution is -0.127. The highest BCUT2D eigenvalue weighted by molar-refractivity contribution is 14.0. The van der Waals surface area contributed by atoms with Crippen molar-refractivity contribution >= 4 is 35.8 Å². The third kappa shape index (κ3) is 4.65. The summed E-state index contributed by atoms with van der Waals surface area (Å²) in [5.41, 5.74) is 7.40. The molecule has 25 heavy (non-hydrogen) atoms. The summed E-state index contributed by atoms with van der Waals surface area (Å²) < 4.78 is 0. The first-order valence-corrected chi connectivity index (χ1v) is 8.91. The highest BCUT2D eigenvalue weighted by Gasteiger charge is 2.38. The largest absolute Gasteiger partial charge is 0.370 e. The van der Waals surface area contributed by atoms with Gasteiger partial charge in [-0.3, -0.25) is 9.79 Å². The van der Waals surface area contributed by atoms with Crippen molar-refractivity contribution in [3.8, 4) is 0 Å². The lowest BCUT2D eigenvalue weighted by Crippen LogP contribution is -2.43. The Kier molecular flexibility index (Phi) is 7.10. The van der Waals surface area contributed by atoms with Gasteiger partial charge in [-0.05, 0) is 24.3 Å². The third-order valence-electron chi connectivity index (χ3n) is 5.30. The fraction of sp³-hybridized carbons (Fsp3) is 0.579. The van der Waals surface area contributed by atoms with Gasteiger partial charge < -0.3 is 15.5 Å². The van der Waals surface area contributed by atoms with Crippen LogP contribution in [0.2, 0.25) is 0 Å². The Morgan fingerprint density at radius 2 is 2.04 bits per heavy atom. The van der Waals surface area contributed by atoms with Gasteiger partial charge in [-0.15, -0.1) is 24.0 Å². The number of carbonyl (C=O) groups is 1. The second-order valence-corrected chi connectivity index (χ2v) is 7.22. The molecule has 2 aliphatic heterocycles. The number of hydrogen-bond acceptors (Lipinski definition) is 2. The Bertz CT molecular complexity index is 607. The van der Waals surface area contributed by atoms with Crippen LogP contribution in [0.4, 0.5) is 0 Å². The van der Waals surface area contributed by atoms with Gasteiger partial charge in [0.25, 0.3) is 0 Å². The first-order valence-electron chi connectivity index (χ1n) is 8.91. The van der Waals surface area contributed by atoms with Crippen LogP contribution in [-0.2, 0) is 4.79 Å². The quantitative estimate of drug-likeness (QED) is 0.432. The number of likely N-dealkylation sites (tertiary alicyclic amines) is 2. The lowest BCUT2D eigenvalue weighted by Gasteiger charge is -2.32. The highest BCUT2D eigenvalue weighted by Crippen LogP contribution is 2.37. The van der Waals surface area contributed by atoms with Gasteiger partial charge in [0, 0.05) is 39.0 Å². The van der Waals surface area contributed by atoms with Crippen LogP contribution in [0.5, 0.6) is 0 Å². The molecule has 2 saturated heterocycles. The van der Waals surface area contributed by atoms with Crippen LogP contribution >= 0.6 is 24.0 Å². The molecule has 1 amide bonds. The van der Waals surface area contributed by atoms with E-state index in [2.05, 4.69) is 28.9 Å². The number of guanidine groups is 1. The van der Waals surface area contributed by atoms with E-state index in [1.807, 2.05) is 30.1 Å². The predicted octanol–water partition coefficient (Wildman–Crippen LogP) is 2.87. The van der Waals surface area contributed by atoms with E-state index in [0.29, 0.717) is 24.8 Å². The number of nitrogens with two attached hydrogens (primary N) is 1. The minimum Gasteiger partial charge on any atom is -0.370 e. The smallest absolute Gasteiger partial charge is 0.223 e. The average Bonchev–Trinajstić information content (AvgIpc) is 2.88. The maximum atomic E-state index is 12.2. The lowest BCUT2D eigenvalue weighted by atomic mass is 9.94. The van der Waals surface area contributed by atoms with Crippen molar-refractivity contribution in [1.29, 1.82) is 0 Å². The van der Waals surface area contributed by atoms with Crippen LogP contribution in [0.3, 0.4) is 0 Å². The summed E-state index contributed by atoms with van der Waals surface area (Å²) in [6, 6.07) is 10.3. The van der Waals surface area contributed by atoms with E-state index in [1.54, 1.807) is 0 Å². The number of amides is 1. The summed E-state index contributed by atoms with van der Waals surface area (Å²) in [6.45, 7) is 4.84. The van der Waals surface area contributed by atoms with Crippen molar-refractivity contribution in [1.82, 2.24) is 9.80 Å². The normalized spacial score (nSPS) is 27.4. The monoisotopic (exact) mass is 456 g/mol. The number of benzene rings is 1. The number of nitrogens with zero attached hydrogens (tertiary/aromatic N) is 3. The van der Waals surface area contributed by atoms with E-state index in [4.69, 9.17) is 5.73 Å². The van der Waals surface area contributed by atoms with E-state index >= 15 is 0 Å². The average molecular weight is 456 g/mol. The molecule has 5 nitrogen and oxygen atoms in total. The van der Waals surface area contributed by atoms with Crippen LogP contribution in [0, 0.1) is 11.8 Å². The van der Waals surface area contributed by atoms with Crippen LogP contribution in [0.25, 0.3) is 0 Å². The molecular formula is C19H29IN4O. The molecule has 3 unspecified atom stereocenters. The number of rotatable bonds is 3. The van der Waals surface area contributed by atoms with Gasteiger partial charge in [0.2, 0.25) is 5.91 Å². The third-order valence-corrected chi connectivity index (χ3v) is 5.30. The van der Waals surface area contributed by atoms with Gasteiger partial charge in [-0.1, -0.05) is 37.3 Å². The maximum Gasteiger partial charge on any atom is 0.223 e. The Hall–Kier alpha value is -1.31. The molecule has 0 spiro atoms. The van der Waals surface area contributed by atoms with E-state index < -0.39 is 0 Å². The van der Waals surface area contributed by atoms with Crippen molar-refractivity contribution < 1.29 is 4.79 Å². The summed E-state index contributed by atoms with van der Waals surface area (Å²) in [5, 5.41) is 0. The van der Waals surface area contributed by atoms with Gasteiger partial charge in [-0.2, -0.15) is 0 Å². The van der Waals surface area contributed by atoms with Crippen LogP contribution in [-0.4, -0.2) is 48.3 Å². The zero-order valence-corrected chi connectivity index (χ0v) is 17.4. The second-order valence-electron chi connectivity index (χ2n) is 7.22. The summed E-state index contributed by atoms with van der Waals surface area (Å²) in [4.78, 5) is 20.9. The highest BCUT2D eigenvalue weighted by atomic mass is 127. The first-order chi connectivity index (χ1) is 11.6. The predicted molar refractivity (Wildman–Crippen MR) is 112 cm³/mol. The first kappa shape index (κ1) is 20.0. The minimum absolute atomic E-state index is 0. The Labute approximate surface area is 167 Å². The van der Waals surface area contributed by atoms with Gasteiger partial charge in [0.1, 0.15) is 0 Å². The molecule has 1 aromatic carbocycles. The van der Waals surface area contributed by atoms with Crippen LogP contribution < -0.4 is 5.73 Å². The van der Waals surface area contributed by atoms with Gasteiger partial charge >= 0.3 is 0 Å². The molecule has 3 atom stereocenters. The number of aliphatic imine (C=N–C) groups is 1. The second kappa shape index (κ2) is 8.87. The van der Waals surface area contributed by atoms with Gasteiger partial charge in [0.15, 0.2) is 5.96 Å². The number of halogens is 1. The molecule has 2 aliphatic rings. The molecule has 138 valence electrons. The zero-order valence-electron chi connectivity index (χ0n) is 15.1. The molecule has 0 radical (unpaired) electrons. The van der Waals surface area contributed by atoms with Crippen molar-refractivity contribution in [2.75, 3.05) is 26.7 Å². The fourth-order valence-corrected chi connectivity index (χ4v) is 3.97. The summed E-state index contributed by atoms with van der Waals surface area (Å²) in [5.74, 6) is 1.68. The summed E-state index contributed by atoms with van der Waals surface area (Å²) in [6.07, 6.45) is 2.99. The van der Waals surface area contributed by atoms with E-state index in [1.165, 1.54) is 18.4 Å². The van der Waals surface area contributed by atoms with Gasteiger partial charge in [-0.25, -0.2) is 0 Å². The van der Waals surface area contributed by atoms with E-state index in [9.17, 15) is 4.79 Å². The Balaban J connectivity index is 0.00000225. The van der Waals surface area contributed by atoms with Crippen molar-refractivity contribution in [3.63, 3.8) is 0 Å². The molecule has 0 aliphatic carbocycles. The molecule has 3 rings (SSSR count). The molecule has 0 aromatic heterocycles. The molecule has 0 saturated carbocycles. The number of carbonyl (C=O) groups excluding carboxylic acids is 1. The van der Waals surface area contributed by atoms with Crippen molar-refractivity contribution in [2.24, 2.45) is 22.6 Å². The molecule has 2 heterocycles. The number of piperidine rings is 1. The fourth-order valence-electron chi connectivity index (χ4n) is 3.97. The van der Waals surface area contributed by atoms with E-state index in [-0.39, 0.29) is 41.8 Å². The van der Waals surface area contributed by atoms with E-state index in [0.717, 1.165) is 13.1 Å². The molecular weight excluding hydrogens is 427 g/mol. The van der Waals surface area contributed by atoms with Crippen molar-refractivity contribution in [2.45, 2.75) is 32.2 Å². The Morgan fingerprint density at radius 1 is 1.32 bits per heavy atom. The molecule has 2 fully saturated rings. The van der Waals surface area contributed by atoms with Crippen LogP contribution in [0.1, 0.15) is 37.8 Å². The molecule has 0 bridgehead atoms.